The third kappa shape index (κ3) is 3.06. The molecule has 0 bridgehead atoms. The standard InChI is InChI=1S/C11H6BrN3O5S/c12-5-1-4(8(16)7(3-5)15(19)20)2-6-9(17)13-11(21)14-10(6)18/h1-3,16H,(H2,13,14,17,18,21)/p-1. The molecule has 1 aliphatic rings. The molecule has 0 aromatic heterocycles. The summed E-state index contributed by atoms with van der Waals surface area (Å²) in [6.45, 7) is 0. The highest BCUT2D eigenvalue weighted by molar-refractivity contribution is 9.10. The van der Waals surface area contributed by atoms with Gasteiger partial charge in [-0.1, -0.05) is 15.9 Å². The zero-order valence-corrected chi connectivity index (χ0v) is 12.4. The number of benzene rings is 1. The number of hydrogen-bond donors (Lipinski definition) is 2. The smallest absolute Gasteiger partial charge is 0.263 e. The van der Waals surface area contributed by atoms with Crippen LogP contribution in [-0.4, -0.2) is 21.9 Å². The van der Waals surface area contributed by atoms with Gasteiger partial charge in [0.15, 0.2) is 5.11 Å². The Morgan fingerprint density at radius 1 is 1.24 bits per heavy atom. The molecule has 0 saturated carbocycles. The van der Waals surface area contributed by atoms with Crippen LogP contribution in [0.4, 0.5) is 5.69 Å². The number of carbonyl (C=O) groups excluding carboxylic acids is 2. The van der Waals surface area contributed by atoms with Gasteiger partial charge >= 0.3 is 0 Å². The van der Waals surface area contributed by atoms with Crippen molar-refractivity contribution in [3.8, 4) is 5.75 Å². The van der Waals surface area contributed by atoms with Gasteiger partial charge in [-0.25, -0.2) is 0 Å². The lowest BCUT2D eigenvalue weighted by molar-refractivity contribution is -0.398. The molecule has 1 aromatic carbocycles. The summed E-state index contributed by atoms with van der Waals surface area (Å²) in [5, 5.41) is 26.9. The molecular weight excluding hydrogens is 366 g/mol. The summed E-state index contributed by atoms with van der Waals surface area (Å²) in [5.41, 5.74) is -1.19. The number of carbonyl (C=O) groups is 2. The number of amides is 2. The van der Waals surface area contributed by atoms with Crippen molar-refractivity contribution in [2.45, 2.75) is 0 Å². The van der Waals surface area contributed by atoms with E-state index in [1.54, 1.807) is 0 Å². The summed E-state index contributed by atoms with van der Waals surface area (Å²) in [6, 6.07) is 2.32. The Hall–Kier alpha value is -2.33. The third-order valence-corrected chi connectivity index (χ3v) is 3.16. The Kier molecular flexibility index (Phi) is 4.00. The molecule has 2 rings (SSSR count). The summed E-state index contributed by atoms with van der Waals surface area (Å²) >= 11 is 7.65. The molecule has 108 valence electrons. The molecule has 2 N–H and O–H groups in total. The van der Waals surface area contributed by atoms with Crippen molar-refractivity contribution in [3.05, 3.63) is 37.9 Å². The second-order valence-electron chi connectivity index (χ2n) is 3.90. The Morgan fingerprint density at radius 2 is 1.81 bits per heavy atom. The van der Waals surface area contributed by atoms with Crippen LogP contribution in [0.5, 0.6) is 5.75 Å². The van der Waals surface area contributed by atoms with E-state index < -0.39 is 28.2 Å². The van der Waals surface area contributed by atoms with Gasteiger partial charge in [-0.2, -0.15) is 0 Å². The van der Waals surface area contributed by atoms with Gasteiger partial charge < -0.3 is 5.11 Å². The van der Waals surface area contributed by atoms with Gasteiger partial charge in [0.05, 0.1) is 4.92 Å². The fourth-order valence-electron chi connectivity index (χ4n) is 1.60. The molecule has 0 radical (unpaired) electrons. The molecule has 1 aliphatic heterocycles. The predicted molar refractivity (Wildman–Crippen MR) is 77.1 cm³/mol. The zero-order chi connectivity index (χ0) is 15.7. The van der Waals surface area contributed by atoms with Gasteiger partial charge in [-0.05, 0) is 35.7 Å². The maximum Gasteiger partial charge on any atom is 0.263 e. The van der Waals surface area contributed by atoms with Crippen LogP contribution in [0.2, 0.25) is 0 Å². The molecule has 10 heteroatoms. The van der Waals surface area contributed by atoms with Crippen LogP contribution in [0.1, 0.15) is 5.56 Å². The van der Waals surface area contributed by atoms with E-state index >= 15 is 0 Å². The SMILES string of the molecule is O=C1NC(=S)NC(=O)C1=Cc1cc(Br)cc([N+](=O)[O-])c1[O-]. The molecule has 1 aromatic rings. The highest BCUT2D eigenvalue weighted by Crippen LogP contribution is 2.32. The summed E-state index contributed by atoms with van der Waals surface area (Å²) in [5.74, 6) is -2.47. The Bertz CT molecular complexity index is 709. The van der Waals surface area contributed by atoms with Crippen LogP contribution < -0.4 is 15.7 Å². The van der Waals surface area contributed by atoms with Gasteiger partial charge in [0.2, 0.25) is 0 Å². The second kappa shape index (κ2) is 5.58. The number of halogens is 1. The van der Waals surface area contributed by atoms with Crippen LogP contribution in [-0.2, 0) is 9.59 Å². The van der Waals surface area contributed by atoms with Crippen molar-refractivity contribution in [2.75, 3.05) is 0 Å². The average Bonchev–Trinajstić information content (AvgIpc) is 2.36. The van der Waals surface area contributed by atoms with Gasteiger partial charge in [0, 0.05) is 10.5 Å². The van der Waals surface area contributed by atoms with E-state index in [0.717, 1.165) is 12.1 Å². The highest BCUT2D eigenvalue weighted by Gasteiger charge is 2.26. The molecule has 0 spiro atoms. The Morgan fingerprint density at radius 3 is 2.33 bits per heavy atom. The number of nitrogens with one attached hydrogen (secondary N) is 2. The van der Waals surface area contributed by atoms with E-state index in [1.165, 1.54) is 6.07 Å². The van der Waals surface area contributed by atoms with Gasteiger partial charge in [-0.15, -0.1) is 0 Å². The normalized spacial score (nSPS) is 14.5. The van der Waals surface area contributed by atoms with Crippen molar-refractivity contribution in [1.82, 2.24) is 10.6 Å². The molecule has 1 saturated heterocycles. The first-order valence-corrected chi connectivity index (χ1v) is 6.53. The maximum atomic E-state index is 11.9. The summed E-state index contributed by atoms with van der Waals surface area (Å²) in [4.78, 5) is 33.3. The average molecular weight is 371 g/mol. The zero-order valence-electron chi connectivity index (χ0n) is 10.0. The van der Waals surface area contributed by atoms with Crippen molar-refractivity contribution < 1.29 is 19.6 Å². The number of nitro benzene ring substituents is 1. The third-order valence-electron chi connectivity index (χ3n) is 2.50. The van der Waals surface area contributed by atoms with E-state index in [1.807, 2.05) is 0 Å². The lowest BCUT2D eigenvalue weighted by Gasteiger charge is -2.18. The number of nitro groups is 1. The lowest BCUT2D eigenvalue weighted by Crippen LogP contribution is -2.51. The largest absolute Gasteiger partial charge is 0.867 e. The van der Waals surface area contributed by atoms with Crippen LogP contribution in [0.25, 0.3) is 6.08 Å². The topological polar surface area (TPSA) is 124 Å². The molecule has 0 unspecified atom stereocenters. The van der Waals surface area contributed by atoms with Crippen LogP contribution in [0.3, 0.4) is 0 Å². The summed E-state index contributed by atoms with van der Waals surface area (Å²) in [6.07, 6.45) is 0.979. The molecule has 0 atom stereocenters. The highest BCUT2D eigenvalue weighted by atomic mass is 79.9. The second-order valence-corrected chi connectivity index (χ2v) is 5.22. The first kappa shape index (κ1) is 15.1. The molecule has 1 fully saturated rings. The summed E-state index contributed by atoms with van der Waals surface area (Å²) < 4.78 is 0.271. The van der Waals surface area contributed by atoms with Gasteiger partial charge in [0.25, 0.3) is 17.5 Å². The number of hydrogen-bond acceptors (Lipinski definition) is 6. The van der Waals surface area contributed by atoms with E-state index in [0.29, 0.717) is 0 Å². The van der Waals surface area contributed by atoms with Crippen molar-refractivity contribution in [3.63, 3.8) is 0 Å². The minimum absolute atomic E-state index is 0.148. The minimum atomic E-state index is -0.899. The number of thiocarbonyl (C=S) groups is 1. The number of rotatable bonds is 2. The lowest BCUT2D eigenvalue weighted by atomic mass is 10.1. The maximum absolute atomic E-state index is 11.9. The molecule has 21 heavy (non-hydrogen) atoms. The van der Waals surface area contributed by atoms with Gasteiger partial charge in [0.1, 0.15) is 5.57 Å². The van der Waals surface area contributed by atoms with E-state index in [9.17, 15) is 24.8 Å². The van der Waals surface area contributed by atoms with Gasteiger partial charge in [-0.3, -0.25) is 30.3 Å². The van der Waals surface area contributed by atoms with E-state index in [4.69, 9.17) is 0 Å². The molecular formula is C11H5BrN3O5S-. The minimum Gasteiger partial charge on any atom is -0.867 e. The van der Waals surface area contributed by atoms with E-state index in [-0.39, 0.29) is 20.7 Å². The van der Waals surface area contributed by atoms with Crippen molar-refractivity contribution in [2.24, 2.45) is 0 Å². The molecule has 1 heterocycles. The summed E-state index contributed by atoms with van der Waals surface area (Å²) in [7, 11) is 0. The Balaban J connectivity index is 2.55. The van der Waals surface area contributed by atoms with Crippen LogP contribution in [0, 0.1) is 10.1 Å². The van der Waals surface area contributed by atoms with Crippen molar-refractivity contribution in [1.29, 1.82) is 0 Å². The molecule has 0 aliphatic carbocycles. The van der Waals surface area contributed by atoms with Crippen molar-refractivity contribution >= 4 is 56.8 Å². The van der Waals surface area contributed by atoms with Crippen LogP contribution >= 0.6 is 28.1 Å². The van der Waals surface area contributed by atoms with E-state index in [2.05, 4.69) is 38.8 Å². The molecule has 8 nitrogen and oxygen atoms in total. The first-order valence-electron chi connectivity index (χ1n) is 5.33. The first-order chi connectivity index (χ1) is 9.79. The quantitative estimate of drug-likeness (QED) is 0.254. The number of nitrogens with zero attached hydrogens (tertiary/aromatic N) is 1. The fraction of sp³-hybridized carbons (Fsp3) is 0. The monoisotopic (exact) mass is 370 g/mol. The Labute approximate surface area is 131 Å². The van der Waals surface area contributed by atoms with Crippen LogP contribution in [0.15, 0.2) is 22.2 Å². The molecule has 2 amide bonds. The fourth-order valence-corrected chi connectivity index (χ4v) is 2.25. The predicted octanol–water partition coefficient (Wildman–Crippen LogP) is 0.345.